The van der Waals surface area contributed by atoms with Crippen LogP contribution in [-0.4, -0.2) is 50.8 Å². The van der Waals surface area contributed by atoms with Gasteiger partial charge in [0.05, 0.1) is 0 Å². The Bertz CT molecular complexity index is 545. The van der Waals surface area contributed by atoms with E-state index in [2.05, 4.69) is 0 Å². The van der Waals surface area contributed by atoms with Gasteiger partial charge in [0.25, 0.3) is 0 Å². The van der Waals surface area contributed by atoms with Gasteiger partial charge in [-0.05, 0) is 39.1 Å². The minimum Gasteiger partial charge on any atom is -0.308 e. The number of hydrogen-bond donors (Lipinski definition) is 0. The summed E-state index contributed by atoms with van der Waals surface area (Å²) < 4.78 is 40.2. The highest BCUT2D eigenvalue weighted by Crippen LogP contribution is 2.27. The van der Waals surface area contributed by atoms with Crippen molar-refractivity contribution in [3.63, 3.8) is 0 Å². The van der Waals surface area contributed by atoms with Crippen LogP contribution in [0, 0.1) is 5.82 Å². The number of rotatable bonds is 4. The molecule has 0 bridgehead atoms. The van der Waals surface area contributed by atoms with Crippen molar-refractivity contribution >= 4 is 10.0 Å². The average molecular weight is 286 g/mol. The molecule has 1 heterocycles. The summed E-state index contributed by atoms with van der Waals surface area (Å²) in [5, 5.41) is 0. The van der Waals surface area contributed by atoms with Crippen molar-refractivity contribution in [2.24, 2.45) is 0 Å². The lowest BCUT2D eigenvalue weighted by Gasteiger charge is -2.26. The van der Waals surface area contributed by atoms with Gasteiger partial charge in [-0.2, -0.15) is 4.31 Å². The molecular formula is C13H19FN2O2S. The first-order valence-electron chi connectivity index (χ1n) is 6.34. The van der Waals surface area contributed by atoms with E-state index in [0.29, 0.717) is 13.1 Å². The number of halogens is 1. The van der Waals surface area contributed by atoms with E-state index in [0.717, 1.165) is 12.8 Å². The second kappa shape index (κ2) is 5.56. The Morgan fingerprint density at radius 2 is 2.05 bits per heavy atom. The molecule has 106 valence electrons. The Morgan fingerprint density at radius 3 is 2.68 bits per heavy atom. The van der Waals surface area contributed by atoms with Crippen LogP contribution in [0.2, 0.25) is 0 Å². The fourth-order valence-corrected chi connectivity index (χ4v) is 4.26. The summed E-state index contributed by atoms with van der Waals surface area (Å²) in [7, 11) is 0.0854. The monoisotopic (exact) mass is 286 g/mol. The van der Waals surface area contributed by atoms with Gasteiger partial charge in [-0.25, -0.2) is 12.8 Å². The molecule has 0 aliphatic carbocycles. The summed E-state index contributed by atoms with van der Waals surface area (Å²) in [5.74, 6) is -0.682. The lowest BCUT2D eigenvalue weighted by molar-refractivity contribution is 0.290. The minimum atomic E-state index is -3.73. The first kappa shape index (κ1) is 14.4. The fourth-order valence-electron chi connectivity index (χ4n) is 2.51. The molecule has 0 N–H and O–H groups in total. The highest BCUT2D eigenvalue weighted by atomic mass is 32.2. The van der Waals surface area contributed by atoms with Gasteiger partial charge in [0.15, 0.2) is 0 Å². The SMILES string of the molecule is CN(C)CC1CCCN1S(=O)(=O)c1ccccc1F. The molecular weight excluding hydrogens is 267 g/mol. The van der Waals surface area contributed by atoms with Gasteiger partial charge < -0.3 is 4.90 Å². The molecule has 0 aromatic heterocycles. The molecule has 1 atom stereocenters. The van der Waals surface area contributed by atoms with Crippen LogP contribution >= 0.6 is 0 Å². The molecule has 0 spiro atoms. The van der Waals surface area contributed by atoms with Gasteiger partial charge in [-0.3, -0.25) is 0 Å². The zero-order chi connectivity index (χ0) is 14.0. The first-order chi connectivity index (χ1) is 8.93. The molecule has 1 unspecified atom stereocenters. The molecule has 1 fully saturated rings. The van der Waals surface area contributed by atoms with Crippen LogP contribution in [0.25, 0.3) is 0 Å². The second-order valence-electron chi connectivity index (χ2n) is 5.10. The minimum absolute atomic E-state index is 0.0698. The van der Waals surface area contributed by atoms with Crippen LogP contribution in [0.1, 0.15) is 12.8 Å². The van der Waals surface area contributed by atoms with Crippen molar-refractivity contribution in [2.45, 2.75) is 23.8 Å². The van der Waals surface area contributed by atoms with E-state index >= 15 is 0 Å². The van der Waals surface area contributed by atoms with Crippen molar-refractivity contribution in [1.29, 1.82) is 0 Å². The zero-order valence-corrected chi connectivity index (χ0v) is 12.0. The van der Waals surface area contributed by atoms with Crippen molar-refractivity contribution in [3.05, 3.63) is 30.1 Å². The molecule has 0 amide bonds. The summed E-state index contributed by atoms with van der Waals surface area (Å²) in [6.45, 7) is 1.13. The maximum atomic E-state index is 13.7. The van der Waals surface area contributed by atoms with Crippen LogP contribution in [0.15, 0.2) is 29.2 Å². The van der Waals surface area contributed by atoms with Crippen LogP contribution in [-0.2, 0) is 10.0 Å². The smallest absolute Gasteiger partial charge is 0.246 e. The summed E-state index contributed by atoms with van der Waals surface area (Å²) >= 11 is 0. The molecule has 1 aromatic rings. The maximum absolute atomic E-state index is 13.7. The first-order valence-corrected chi connectivity index (χ1v) is 7.78. The van der Waals surface area contributed by atoms with Crippen molar-refractivity contribution in [2.75, 3.05) is 27.2 Å². The Balaban J connectivity index is 2.32. The predicted molar refractivity (Wildman–Crippen MR) is 71.9 cm³/mol. The third-order valence-corrected chi connectivity index (χ3v) is 5.31. The zero-order valence-electron chi connectivity index (χ0n) is 11.2. The number of hydrogen-bond acceptors (Lipinski definition) is 3. The molecule has 1 aliphatic heterocycles. The maximum Gasteiger partial charge on any atom is 0.246 e. The van der Waals surface area contributed by atoms with Crippen molar-refractivity contribution in [1.82, 2.24) is 9.21 Å². The lowest BCUT2D eigenvalue weighted by Crippen LogP contribution is -2.41. The third kappa shape index (κ3) is 2.96. The van der Waals surface area contributed by atoms with Crippen molar-refractivity contribution in [3.8, 4) is 0 Å². The van der Waals surface area contributed by atoms with E-state index < -0.39 is 15.8 Å². The summed E-state index contributed by atoms with van der Waals surface area (Å²) in [4.78, 5) is 1.74. The molecule has 4 nitrogen and oxygen atoms in total. The Kier molecular flexibility index (Phi) is 4.23. The fraction of sp³-hybridized carbons (Fsp3) is 0.538. The van der Waals surface area contributed by atoms with E-state index in [1.807, 2.05) is 19.0 Å². The normalized spacial score (nSPS) is 21.2. The Labute approximate surface area is 113 Å². The highest BCUT2D eigenvalue weighted by Gasteiger charge is 2.36. The topological polar surface area (TPSA) is 40.6 Å². The number of likely N-dealkylation sites (N-methyl/N-ethyl adjacent to an activating group) is 1. The molecule has 2 rings (SSSR count). The summed E-state index contributed by atoms with van der Waals surface area (Å²) in [6, 6.07) is 5.49. The van der Waals surface area contributed by atoms with Gasteiger partial charge in [0.2, 0.25) is 10.0 Å². The van der Waals surface area contributed by atoms with Crippen molar-refractivity contribution < 1.29 is 12.8 Å². The van der Waals surface area contributed by atoms with E-state index in [9.17, 15) is 12.8 Å². The van der Waals surface area contributed by atoms with Crippen LogP contribution in [0.5, 0.6) is 0 Å². The quantitative estimate of drug-likeness (QED) is 0.843. The number of nitrogens with zero attached hydrogens (tertiary/aromatic N) is 2. The third-order valence-electron chi connectivity index (χ3n) is 3.32. The van der Waals surface area contributed by atoms with Gasteiger partial charge >= 0.3 is 0 Å². The summed E-state index contributed by atoms with van der Waals surface area (Å²) in [6.07, 6.45) is 1.65. The molecule has 19 heavy (non-hydrogen) atoms. The van der Waals surface area contributed by atoms with Crippen LogP contribution < -0.4 is 0 Å². The average Bonchev–Trinajstić information content (AvgIpc) is 2.77. The van der Waals surface area contributed by atoms with Crippen LogP contribution in [0.3, 0.4) is 0 Å². The number of sulfonamides is 1. The molecule has 0 radical (unpaired) electrons. The molecule has 0 saturated carbocycles. The standard InChI is InChI=1S/C13H19FN2O2S/c1-15(2)10-11-6-5-9-16(11)19(17,18)13-8-4-3-7-12(13)14/h3-4,7-8,11H,5-6,9-10H2,1-2H3. The molecule has 1 aliphatic rings. The second-order valence-corrected chi connectivity index (χ2v) is 6.96. The van der Waals surface area contributed by atoms with Gasteiger partial charge in [0.1, 0.15) is 10.7 Å². The Morgan fingerprint density at radius 1 is 1.37 bits per heavy atom. The van der Waals surface area contributed by atoms with Crippen LogP contribution in [0.4, 0.5) is 4.39 Å². The molecule has 1 saturated heterocycles. The Hall–Kier alpha value is -0.980. The highest BCUT2D eigenvalue weighted by molar-refractivity contribution is 7.89. The molecule has 6 heteroatoms. The lowest BCUT2D eigenvalue weighted by atomic mass is 10.2. The predicted octanol–water partition coefficient (Wildman–Crippen LogP) is 1.54. The van der Waals surface area contributed by atoms with Gasteiger partial charge in [0, 0.05) is 19.1 Å². The van der Waals surface area contributed by atoms with Gasteiger partial charge in [-0.15, -0.1) is 0 Å². The summed E-state index contributed by atoms with van der Waals surface area (Å²) in [5.41, 5.74) is 0. The largest absolute Gasteiger partial charge is 0.308 e. The van der Waals surface area contributed by atoms with Gasteiger partial charge in [-0.1, -0.05) is 12.1 Å². The molecule has 1 aromatic carbocycles. The number of benzene rings is 1. The van der Waals surface area contributed by atoms with E-state index in [4.69, 9.17) is 0 Å². The van der Waals surface area contributed by atoms with E-state index in [1.54, 1.807) is 6.07 Å². The van der Waals surface area contributed by atoms with E-state index in [-0.39, 0.29) is 10.9 Å². The van der Waals surface area contributed by atoms with E-state index in [1.165, 1.54) is 22.5 Å².